The van der Waals surface area contributed by atoms with Crippen LogP contribution < -0.4 is 4.90 Å². The van der Waals surface area contributed by atoms with E-state index in [1.54, 1.807) is 0 Å². The standard InChI is InChI=1S/C52H34N2S/c1-2-15-40-35(13-1)14-11-20-41(40)36-27-29-37(30-28-36)53(38-31-33-39(34-32-38)54-49-24-8-3-16-42(49)43-17-4-9-25-50(43)54)48-23-7-5-18-44(48)46-21-12-22-47-45-19-6-10-26-51(45)55-52(46)47/h1-34H. The molecule has 55 heavy (non-hydrogen) atoms. The molecule has 0 aliphatic heterocycles. The number of para-hydroxylation sites is 3. The molecule has 0 aliphatic rings. The van der Waals surface area contributed by atoms with E-state index in [0.717, 1.165) is 22.7 Å². The summed E-state index contributed by atoms with van der Waals surface area (Å²) in [7, 11) is 0. The Morgan fingerprint density at radius 3 is 1.65 bits per heavy atom. The molecule has 0 aliphatic carbocycles. The highest BCUT2D eigenvalue weighted by Gasteiger charge is 2.20. The number of aromatic nitrogens is 1. The summed E-state index contributed by atoms with van der Waals surface area (Å²) in [5, 5.41) is 7.65. The maximum atomic E-state index is 2.42. The van der Waals surface area contributed by atoms with Gasteiger partial charge in [-0.3, -0.25) is 0 Å². The molecule has 11 rings (SSSR count). The molecule has 0 saturated carbocycles. The first kappa shape index (κ1) is 31.6. The Balaban J connectivity index is 1.09. The van der Waals surface area contributed by atoms with Gasteiger partial charge in [-0.1, -0.05) is 146 Å². The van der Waals surface area contributed by atoms with E-state index in [4.69, 9.17) is 0 Å². The van der Waals surface area contributed by atoms with Crippen LogP contribution in [0.5, 0.6) is 0 Å². The van der Waals surface area contributed by atoms with Crippen molar-refractivity contribution in [3.05, 3.63) is 206 Å². The lowest BCUT2D eigenvalue weighted by Crippen LogP contribution is -2.11. The van der Waals surface area contributed by atoms with Crippen molar-refractivity contribution >= 4 is 81.1 Å². The molecule has 0 atom stereocenters. The van der Waals surface area contributed by atoms with E-state index in [1.165, 1.54) is 75.0 Å². The highest BCUT2D eigenvalue weighted by atomic mass is 32.1. The molecule has 0 amide bonds. The highest BCUT2D eigenvalue weighted by Crippen LogP contribution is 2.46. The second kappa shape index (κ2) is 12.9. The van der Waals surface area contributed by atoms with Gasteiger partial charge in [0.05, 0.1) is 16.7 Å². The third kappa shape index (κ3) is 5.16. The molecule has 9 aromatic carbocycles. The maximum Gasteiger partial charge on any atom is 0.0541 e. The van der Waals surface area contributed by atoms with E-state index in [-0.39, 0.29) is 0 Å². The largest absolute Gasteiger partial charge is 0.310 e. The van der Waals surface area contributed by atoms with Crippen molar-refractivity contribution in [1.82, 2.24) is 4.57 Å². The van der Waals surface area contributed by atoms with Crippen LogP contribution in [0.15, 0.2) is 206 Å². The van der Waals surface area contributed by atoms with Gasteiger partial charge in [-0.2, -0.15) is 0 Å². The zero-order valence-corrected chi connectivity index (χ0v) is 30.7. The molecular weight excluding hydrogens is 685 g/mol. The maximum absolute atomic E-state index is 2.42. The number of anilines is 3. The molecule has 3 heteroatoms. The summed E-state index contributed by atoms with van der Waals surface area (Å²) in [5.41, 5.74) is 11.8. The number of benzene rings is 9. The summed E-state index contributed by atoms with van der Waals surface area (Å²) in [6.45, 7) is 0. The predicted octanol–water partition coefficient (Wildman–Crippen LogP) is 15.1. The van der Waals surface area contributed by atoms with Gasteiger partial charge in [-0.15, -0.1) is 11.3 Å². The van der Waals surface area contributed by atoms with Crippen LogP contribution in [-0.4, -0.2) is 4.57 Å². The first-order chi connectivity index (χ1) is 27.3. The van der Waals surface area contributed by atoms with Crippen molar-refractivity contribution in [2.45, 2.75) is 0 Å². The average molecular weight is 719 g/mol. The summed E-state index contributed by atoms with van der Waals surface area (Å²) < 4.78 is 5.00. The van der Waals surface area contributed by atoms with Gasteiger partial charge in [0, 0.05) is 59.1 Å². The van der Waals surface area contributed by atoms with Crippen LogP contribution >= 0.6 is 11.3 Å². The summed E-state index contributed by atoms with van der Waals surface area (Å²) >= 11 is 1.88. The Labute approximate surface area is 323 Å². The lowest BCUT2D eigenvalue weighted by Gasteiger charge is -2.28. The topological polar surface area (TPSA) is 8.17 Å². The van der Waals surface area contributed by atoms with Crippen LogP contribution in [0.3, 0.4) is 0 Å². The molecule has 2 nitrogen and oxygen atoms in total. The number of hydrogen-bond donors (Lipinski definition) is 0. The molecule has 0 spiro atoms. The van der Waals surface area contributed by atoms with Crippen molar-refractivity contribution in [3.8, 4) is 27.9 Å². The number of hydrogen-bond acceptors (Lipinski definition) is 2. The molecule has 11 aromatic rings. The van der Waals surface area contributed by atoms with Crippen LogP contribution in [0.1, 0.15) is 0 Å². The van der Waals surface area contributed by atoms with Gasteiger partial charge in [0.2, 0.25) is 0 Å². The van der Waals surface area contributed by atoms with E-state index in [9.17, 15) is 0 Å². The molecule has 0 saturated heterocycles. The SMILES string of the molecule is c1ccc(N(c2ccc(-c3cccc4ccccc34)cc2)c2ccc(-n3c4ccccc4c4ccccc43)cc2)c(-c2cccc3c2sc2ccccc23)c1. The Morgan fingerprint density at radius 2 is 0.891 bits per heavy atom. The van der Waals surface area contributed by atoms with Crippen molar-refractivity contribution in [1.29, 1.82) is 0 Å². The fraction of sp³-hybridized carbons (Fsp3) is 0. The number of fused-ring (bicyclic) bond motifs is 7. The zero-order valence-electron chi connectivity index (χ0n) is 29.9. The van der Waals surface area contributed by atoms with E-state index in [2.05, 4.69) is 216 Å². The Morgan fingerprint density at radius 1 is 0.364 bits per heavy atom. The predicted molar refractivity (Wildman–Crippen MR) is 237 cm³/mol. The lowest BCUT2D eigenvalue weighted by atomic mass is 9.97. The van der Waals surface area contributed by atoms with Crippen molar-refractivity contribution in [2.24, 2.45) is 0 Å². The van der Waals surface area contributed by atoms with Crippen molar-refractivity contribution < 1.29 is 0 Å². The quantitative estimate of drug-likeness (QED) is 0.166. The van der Waals surface area contributed by atoms with E-state index in [0.29, 0.717) is 0 Å². The average Bonchev–Trinajstić information content (AvgIpc) is 3.81. The third-order valence-electron chi connectivity index (χ3n) is 11.0. The minimum atomic E-state index is 1.10. The van der Waals surface area contributed by atoms with E-state index in [1.807, 2.05) is 11.3 Å². The first-order valence-electron chi connectivity index (χ1n) is 18.8. The second-order valence-corrected chi connectivity index (χ2v) is 15.1. The van der Waals surface area contributed by atoms with Crippen LogP contribution in [0.2, 0.25) is 0 Å². The molecule has 0 unspecified atom stereocenters. The fourth-order valence-electron chi connectivity index (χ4n) is 8.50. The van der Waals surface area contributed by atoms with Crippen molar-refractivity contribution in [2.75, 3.05) is 4.90 Å². The van der Waals surface area contributed by atoms with Crippen LogP contribution in [0, 0.1) is 0 Å². The van der Waals surface area contributed by atoms with Gasteiger partial charge in [0.25, 0.3) is 0 Å². The zero-order chi connectivity index (χ0) is 36.3. The summed E-state index contributed by atoms with van der Waals surface area (Å²) in [6, 6.07) is 75.1. The summed E-state index contributed by atoms with van der Waals surface area (Å²) in [6.07, 6.45) is 0. The van der Waals surface area contributed by atoms with Gasteiger partial charge in [-0.25, -0.2) is 0 Å². The van der Waals surface area contributed by atoms with E-state index < -0.39 is 0 Å². The van der Waals surface area contributed by atoms with Gasteiger partial charge in [0.1, 0.15) is 0 Å². The Kier molecular flexibility index (Phi) is 7.39. The lowest BCUT2D eigenvalue weighted by molar-refractivity contribution is 1.17. The first-order valence-corrected chi connectivity index (χ1v) is 19.6. The Bertz CT molecular complexity index is 3150. The monoisotopic (exact) mass is 718 g/mol. The normalized spacial score (nSPS) is 11.6. The summed E-state index contributed by atoms with van der Waals surface area (Å²) in [4.78, 5) is 2.42. The second-order valence-electron chi connectivity index (χ2n) is 14.1. The molecule has 258 valence electrons. The van der Waals surface area contributed by atoms with Crippen LogP contribution in [-0.2, 0) is 0 Å². The molecular formula is C52H34N2S. The Hall–Kier alpha value is -6.94. The third-order valence-corrected chi connectivity index (χ3v) is 12.2. The molecule has 0 N–H and O–H groups in total. The van der Waals surface area contributed by atoms with Crippen molar-refractivity contribution in [3.63, 3.8) is 0 Å². The molecule has 0 bridgehead atoms. The molecule has 0 fully saturated rings. The highest BCUT2D eigenvalue weighted by molar-refractivity contribution is 7.26. The van der Waals surface area contributed by atoms with Gasteiger partial charge >= 0.3 is 0 Å². The fourth-order valence-corrected chi connectivity index (χ4v) is 9.73. The molecule has 2 heterocycles. The minimum absolute atomic E-state index is 1.10. The number of nitrogens with zero attached hydrogens (tertiary/aromatic N) is 2. The van der Waals surface area contributed by atoms with E-state index >= 15 is 0 Å². The summed E-state index contributed by atoms with van der Waals surface area (Å²) in [5.74, 6) is 0. The smallest absolute Gasteiger partial charge is 0.0541 e. The molecule has 2 aromatic heterocycles. The molecule has 0 radical (unpaired) electrons. The van der Waals surface area contributed by atoms with Gasteiger partial charge < -0.3 is 9.47 Å². The van der Waals surface area contributed by atoms with Crippen LogP contribution in [0.25, 0.3) is 80.7 Å². The number of rotatable bonds is 6. The number of thiophene rings is 1. The van der Waals surface area contributed by atoms with Gasteiger partial charge in [0.15, 0.2) is 0 Å². The van der Waals surface area contributed by atoms with Gasteiger partial charge in [-0.05, 0) is 82.6 Å². The van der Waals surface area contributed by atoms with Crippen LogP contribution in [0.4, 0.5) is 17.1 Å². The minimum Gasteiger partial charge on any atom is -0.310 e.